The van der Waals surface area contributed by atoms with Crippen molar-refractivity contribution in [3.05, 3.63) is 90.5 Å². The predicted molar refractivity (Wildman–Crippen MR) is 98.7 cm³/mol. The molecule has 1 unspecified atom stereocenters. The smallest absolute Gasteiger partial charge is 0.138 e. The van der Waals surface area contributed by atoms with Crippen LogP contribution in [0.2, 0.25) is 0 Å². The van der Waals surface area contributed by atoms with Gasteiger partial charge in [0.1, 0.15) is 11.4 Å². The maximum atomic E-state index is 4.75. The van der Waals surface area contributed by atoms with Crippen LogP contribution in [0.3, 0.4) is 0 Å². The molecule has 120 valence electrons. The highest BCUT2D eigenvalue weighted by atomic mass is 15.2. The minimum Gasteiger partial charge on any atom is -0.302 e. The van der Waals surface area contributed by atoms with E-state index in [0.29, 0.717) is 0 Å². The molecule has 3 aromatic rings. The van der Waals surface area contributed by atoms with Crippen molar-refractivity contribution >= 4 is 11.1 Å². The van der Waals surface area contributed by atoms with Crippen LogP contribution in [0.25, 0.3) is 11.1 Å². The first-order valence-corrected chi connectivity index (χ1v) is 8.25. The molecule has 1 aliphatic carbocycles. The van der Waals surface area contributed by atoms with Gasteiger partial charge in [0.15, 0.2) is 0 Å². The molecule has 0 aliphatic heterocycles. The van der Waals surface area contributed by atoms with Gasteiger partial charge < -0.3 is 4.40 Å². The Hall–Kier alpha value is -2.65. The van der Waals surface area contributed by atoms with Crippen molar-refractivity contribution in [2.24, 2.45) is 0 Å². The maximum absolute atomic E-state index is 4.75. The highest BCUT2D eigenvalue weighted by Crippen LogP contribution is 2.37. The number of hydrogen-bond acceptors (Lipinski definition) is 2. The molecule has 1 aromatic carbocycles. The van der Waals surface area contributed by atoms with Gasteiger partial charge in [0.05, 0.1) is 11.7 Å². The lowest BCUT2D eigenvalue weighted by Crippen LogP contribution is -2.41. The summed E-state index contributed by atoms with van der Waals surface area (Å²) in [5.74, 6) is 1.06. The number of allylic oxidation sites excluding steroid dienone is 2. The lowest BCUT2D eigenvalue weighted by Gasteiger charge is -2.37. The highest BCUT2D eigenvalue weighted by molar-refractivity contribution is 5.75. The van der Waals surface area contributed by atoms with Gasteiger partial charge in [-0.25, -0.2) is 4.98 Å². The second-order valence-electron chi connectivity index (χ2n) is 6.46. The summed E-state index contributed by atoms with van der Waals surface area (Å²) < 4.78 is 2.19. The van der Waals surface area contributed by atoms with Gasteiger partial charge in [-0.15, -0.1) is 0 Å². The van der Waals surface area contributed by atoms with Crippen molar-refractivity contribution in [3.8, 4) is 0 Å². The van der Waals surface area contributed by atoms with Crippen molar-refractivity contribution in [3.63, 3.8) is 0 Å². The topological polar surface area (TPSA) is 20.5 Å². The van der Waals surface area contributed by atoms with Crippen LogP contribution in [0.5, 0.6) is 0 Å². The lowest BCUT2D eigenvalue weighted by atomic mass is 9.85. The van der Waals surface area contributed by atoms with Crippen molar-refractivity contribution in [1.29, 1.82) is 0 Å². The average molecular weight is 315 g/mol. The van der Waals surface area contributed by atoms with Gasteiger partial charge >= 0.3 is 0 Å². The molecule has 0 N–H and O–H groups in total. The third kappa shape index (κ3) is 2.29. The number of fused-ring (bicyclic) bond motifs is 1. The van der Waals surface area contributed by atoms with Gasteiger partial charge in [0, 0.05) is 6.20 Å². The van der Waals surface area contributed by atoms with Crippen LogP contribution in [0.15, 0.2) is 79.2 Å². The summed E-state index contributed by atoms with van der Waals surface area (Å²) in [4.78, 5) is 7.00. The second kappa shape index (κ2) is 5.77. The molecule has 0 radical (unpaired) electrons. The van der Waals surface area contributed by atoms with Crippen LogP contribution in [0.1, 0.15) is 17.8 Å². The number of benzene rings is 1. The van der Waals surface area contributed by atoms with E-state index < -0.39 is 0 Å². The number of likely N-dealkylation sites (N-methyl/N-ethyl adjacent to an activating group) is 1. The monoisotopic (exact) mass is 315 g/mol. The van der Waals surface area contributed by atoms with Gasteiger partial charge in [0.2, 0.25) is 0 Å². The van der Waals surface area contributed by atoms with Crippen LogP contribution < -0.4 is 0 Å². The van der Waals surface area contributed by atoms with E-state index >= 15 is 0 Å². The SMILES string of the molecule is CN(C)C1(c2ncc3ccccn23)C=CC(c2ccccc2)=CC1. The van der Waals surface area contributed by atoms with Crippen LogP contribution in [0.4, 0.5) is 0 Å². The standard InChI is InChI=1S/C21H21N3/c1-23(2)21(20-22-16-19-10-6-7-15-24(19)20)13-11-18(12-14-21)17-8-4-3-5-9-17/h3-13,15-16H,14H2,1-2H3. The molecule has 3 nitrogen and oxygen atoms in total. The summed E-state index contributed by atoms with van der Waals surface area (Å²) in [6.07, 6.45) is 11.8. The van der Waals surface area contributed by atoms with Crippen molar-refractivity contribution in [1.82, 2.24) is 14.3 Å². The molecular weight excluding hydrogens is 294 g/mol. The first-order chi connectivity index (χ1) is 11.7. The molecule has 0 saturated heterocycles. The Balaban J connectivity index is 1.78. The van der Waals surface area contributed by atoms with E-state index in [1.807, 2.05) is 12.3 Å². The van der Waals surface area contributed by atoms with Gasteiger partial charge in [-0.3, -0.25) is 4.90 Å². The molecule has 1 aliphatic rings. The Kier molecular flexibility index (Phi) is 3.58. The van der Waals surface area contributed by atoms with Crippen LogP contribution >= 0.6 is 0 Å². The highest BCUT2D eigenvalue weighted by Gasteiger charge is 2.36. The minimum absolute atomic E-state index is 0.230. The Labute approximate surface area is 142 Å². The third-order valence-electron chi connectivity index (χ3n) is 4.90. The fraction of sp³-hybridized carbons (Fsp3) is 0.190. The Morgan fingerprint density at radius 3 is 2.54 bits per heavy atom. The first kappa shape index (κ1) is 14.9. The van der Waals surface area contributed by atoms with Crippen LogP contribution in [0, 0.1) is 0 Å². The van der Waals surface area contributed by atoms with E-state index in [1.54, 1.807) is 0 Å². The zero-order valence-electron chi connectivity index (χ0n) is 14.1. The molecule has 3 heteroatoms. The molecule has 0 fully saturated rings. The Morgan fingerprint density at radius 2 is 1.83 bits per heavy atom. The number of rotatable bonds is 3. The predicted octanol–water partition coefficient (Wildman–Crippen LogP) is 4.13. The third-order valence-corrected chi connectivity index (χ3v) is 4.90. The summed E-state index contributed by atoms with van der Waals surface area (Å²) in [5, 5.41) is 0. The number of nitrogens with zero attached hydrogens (tertiary/aromatic N) is 3. The fourth-order valence-corrected chi connectivity index (χ4v) is 3.44. The molecule has 4 rings (SSSR count). The van der Waals surface area contributed by atoms with E-state index in [-0.39, 0.29) is 5.54 Å². The first-order valence-electron chi connectivity index (χ1n) is 8.25. The lowest BCUT2D eigenvalue weighted by molar-refractivity contribution is 0.198. The van der Waals surface area contributed by atoms with E-state index in [1.165, 1.54) is 11.1 Å². The number of hydrogen-bond donors (Lipinski definition) is 0. The van der Waals surface area contributed by atoms with E-state index in [9.17, 15) is 0 Å². The quantitative estimate of drug-likeness (QED) is 0.724. The summed E-state index contributed by atoms with van der Waals surface area (Å²) in [5.41, 5.74) is 3.43. The zero-order chi connectivity index (χ0) is 16.6. The molecule has 0 spiro atoms. The van der Waals surface area contributed by atoms with Crippen molar-refractivity contribution < 1.29 is 0 Å². The largest absolute Gasteiger partial charge is 0.302 e. The summed E-state index contributed by atoms with van der Waals surface area (Å²) in [7, 11) is 4.24. The molecule has 0 bridgehead atoms. The van der Waals surface area contributed by atoms with Crippen molar-refractivity contribution in [2.75, 3.05) is 14.1 Å². The number of pyridine rings is 1. The fourth-order valence-electron chi connectivity index (χ4n) is 3.44. The summed E-state index contributed by atoms with van der Waals surface area (Å²) in [6, 6.07) is 16.7. The molecular formula is C21H21N3. The summed E-state index contributed by atoms with van der Waals surface area (Å²) in [6.45, 7) is 0. The van der Waals surface area contributed by atoms with Crippen LogP contribution in [-0.2, 0) is 5.54 Å². The average Bonchev–Trinajstić information content (AvgIpc) is 3.07. The van der Waals surface area contributed by atoms with E-state index in [2.05, 4.69) is 90.3 Å². The van der Waals surface area contributed by atoms with E-state index in [0.717, 1.165) is 17.8 Å². The van der Waals surface area contributed by atoms with Crippen molar-refractivity contribution in [2.45, 2.75) is 12.0 Å². The maximum Gasteiger partial charge on any atom is 0.138 e. The molecule has 2 heterocycles. The second-order valence-corrected chi connectivity index (χ2v) is 6.46. The van der Waals surface area contributed by atoms with Crippen LogP contribution in [-0.4, -0.2) is 28.4 Å². The van der Waals surface area contributed by atoms with Gasteiger partial charge in [-0.2, -0.15) is 0 Å². The molecule has 0 amide bonds. The Morgan fingerprint density at radius 1 is 1.04 bits per heavy atom. The molecule has 2 aromatic heterocycles. The molecule has 1 atom stereocenters. The molecule has 24 heavy (non-hydrogen) atoms. The molecule has 0 saturated carbocycles. The van der Waals surface area contributed by atoms with E-state index in [4.69, 9.17) is 4.98 Å². The normalized spacial score (nSPS) is 20.5. The van der Waals surface area contributed by atoms with Gasteiger partial charge in [-0.1, -0.05) is 54.6 Å². The number of aromatic nitrogens is 2. The number of imidazole rings is 1. The van der Waals surface area contributed by atoms with Gasteiger partial charge in [-0.05, 0) is 43.8 Å². The summed E-state index contributed by atoms with van der Waals surface area (Å²) >= 11 is 0. The van der Waals surface area contributed by atoms with Gasteiger partial charge in [0.25, 0.3) is 0 Å². The zero-order valence-corrected chi connectivity index (χ0v) is 14.1. The minimum atomic E-state index is -0.230. The Bertz CT molecular complexity index is 918.